The molecule has 0 radical (unpaired) electrons. The number of carbonyl (C=O) groups is 2. The molecular formula is C55H83NaO25S. The van der Waals surface area contributed by atoms with E-state index in [1.165, 1.54) is 21.0 Å². The van der Waals surface area contributed by atoms with Gasteiger partial charge >= 0.3 is 41.5 Å². The Balaban J connectivity index is 0.00000880. The van der Waals surface area contributed by atoms with Gasteiger partial charge in [-0.25, -0.2) is 8.42 Å². The van der Waals surface area contributed by atoms with Crippen molar-refractivity contribution in [2.75, 3.05) is 26.9 Å². The van der Waals surface area contributed by atoms with Gasteiger partial charge in [-0.1, -0.05) is 57.1 Å². The summed E-state index contributed by atoms with van der Waals surface area (Å²) in [6.45, 7) is 15.4. The number of rotatable bonds is 15. The van der Waals surface area contributed by atoms with Crippen LogP contribution in [0.3, 0.4) is 0 Å². The van der Waals surface area contributed by atoms with E-state index in [2.05, 4.69) is 38.0 Å². The van der Waals surface area contributed by atoms with Gasteiger partial charge in [-0.05, 0) is 95.0 Å². The fourth-order valence-electron chi connectivity index (χ4n) is 15.9. The fourth-order valence-corrected chi connectivity index (χ4v) is 16.4. The van der Waals surface area contributed by atoms with Crippen LogP contribution in [0.1, 0.15) is 101 Å². The molecule has 27 atom stereocenters. The molecule has 3 saturated carbocycles. The van der Waals surface area contributed by atoms with Gasteiger partial charge in [-0.3, -0.25) is 13.8 Å². The molecule has 5 heterocycles. The Morgan fingerprint density at radius 2 is 1.43 bits per heavy atom. The number of carbonyl (C=O) groups excluding carboxylic acids is 2. The number of aliphatic hydroxyl groups excluding tert-OH is 8. The molecule has 1 spiro atoms. The van der Waals surface area contributed by atoms with Crippen LogP contribution in [0.5, 0.6) is 0 Å². The van der Waals surface area contributed by atoms with E-state index in [4.69, 9.17) is 52.1 Å². The van der Waals surface area contributed by atoms with Gasteiger partial charge in [0.15, 0.2) is 25.2 Å². The maximum Gasteiger partial charge on any atom is 1.00 e. The molecule has 0 aromatic carbocycles. The van der Waals surface area contributed by atoms with Crippen molar-refractivity contribution in [3.63, 3.8) is 0 Å². The van der Waals surface area contributed by atoms with Crippen molar-refractivity contribution in [2.45, 2.75) is 229 Å². The standard InChI is InChI=1S/C55H84O25S.Na/c1-24(2)12-11-17-54(9)45-30(73-26(4)57)20-53(8)28-13-14-33-51(5,6)34(16-18-52(33,7)27(28)15-19-55(45,53)50(65)79-54)75-49-44(36(60)32(23-71-49)80-81(66,67)68)78-47-38(62)37(61)41(25(3)72-47)76-48-40(64)43(35(59)31(21-56)74-48)77-46-39(63)42(69-10)29(58)22-70-46;/h11-13,17,25,27,29-49,56,58-64H,14-16,18-23H2,1-10H3,(H,66,67,68);/q;+1/p-1/b17-11-;/t25?,27?,29-,30?,31?,32-,33?,34?,35-,36?,37?,38?,39?,40?,41-,42?,43?,44?,45?,46?,47+,48+,49+,52-,53?,54?,55-;/m1./s1. The minimum absolute atomic E-state index is 0. The molecule has 0 aromatic rings. The number of esters is 2. The zero-order chi connectivity index (χ0) is 59.3. The molecule has 82 heavy (non-hydrogen) atoms. The Morgan fingerprint density at radius 1 is 0.780 bits per heavy atom. The van der Waals surface area contributed by atoms with Crippen LogP contribution in [0.4, 0.5) is 0 Å². The average molecular weight is 1200 g/mol. The Bertz CT molecular complexity index is 2510. The number of cyclic esters (lactones) is 1. The van der Waals surface area contributed by atoms with Crippen molar-refractivity contribution >= 4 is 22.3 Å². The minimum Gasteiger partial charge on any atom is -0.726 e. The number of hydrogen-bond donors (Lipinski definition) is 8. The van der Waals surface area contributed by atoms with Gasteiger partial charge in [0, 0.05) is 19.4 Å². The predicted molar refractivity (Wildman–Crippen MR) is 274 cm³/mol. The zero-order valence-corrected chi connectivity index (χ0v) is 51.2. The van der Waals surface area contributed by atoms with Gasteiger partial charge < -0.3 is 97.5 Å². The van der Waals surface area contributed by atoms with Gasteiger partial charge in [-0.15, -0.1) is 0 Å². The third kappa shape index (κ3) is 11.7. The summed E-state index contributed by atoms with van der Waals surface area (Å²) in [5.74, 6) is -1.19. The number of ether oxygens (including phenoxy) is 11. The zero-order valence-electron chi connectivity index (χ0n) is 48.4. The average Bonchev–Trinajstić information content (AvgIpc) is 1.73. The van der Waals surface area contributed by atoms with Crippen molar-refractivity contribution < 1.29 is 149 Å². The van der Waals surface area contributed by atoms with Crippen molar-refractivity contribution in [3.05, 3.63) is 35.5 Å². The predicted octanol–water partition coefficient (Wildman–Crippen LogP) is -2.94. The Kier molecular flexibility index (Phi) is 20.0. The van der Waals surface area contributed by atoms with Crippen molar-refractivity contribution in [1.82, 2.24) is 0 Å². The number of allylic oxidation sites excluding steroid dienone is 5. The topological polar surface area (TPSA) is 364 Å². The van der Waals surface area contributed by atoms with Crippen LogP contribution in [0, 0.1) is 39.4 Å². The number of fused-ring (bicyclic) bond motifs is 4. The third-order valence-corrected chi connectivity index (χ3v) is 20.2. The molecule has 27 heteroatoms. The number of hydrogen-bond acceptors (Lipinski definition) is 25. The summed E-state index contributed by atoms with van der Waals surface area (Å²) in [4.78, 5) is 27.4. The second-order valence-corrected chi connectivity index (χ2v) is 26.2. The first-order valence-electron chi connectivity index (χ1n) is 28.0. The van der Waals surface area contributed by atoms with Gasteiger partial charge in [0.2, 0.25) is 10.4 Å². The van der Waals surface area contributed by atoms with Gasteiger partial charge in [0.05, 0.1) is 43.4 Å². The summed E-state index contributed by atoms with van der Waals surface area (Å²) in [5, 5.41) is 88.7. The van der Waals surface area contributed by atoms with E-state index in [0.717, 1.165) is 11.1 Å². The third-order valence-electron chi connectivity index (χ3n) is 19.8. The van der Waals surface area contributed by atoms with Crippen LogP contribution in [0.2, 0.25) is 0 Å². The van der Waals surface area contributed by atoms with Crippen LogP contribution in [-0.4, -0.2) is 221 Å². The molecule has 9 aliphatic rings. The molecule has 4 aliphatic carbocycles. The summed E-state index contributed by atoms with van der Waals surface area (Å²) in [7, 11) is -4.18. The Labute approximate surface area is 500 Å². The van der Waals surface area contributed by atoms with Crippen LogP contribution < -0.4 is 29.6 Å². The second kappa shape index (κ2) is 24.7. The van der Waals surface area contributed by atoms with Crippen LogP contribution >= 0.6 is 0 Å². The second-order valence-electron chi connectivity index (χ2n) is 25.2. The van der Waals surface area contributed by atoms with E-state index in [9.17, 15) is 63.4 Å². The summed E-state index contributed by atoms with van der Waals surface area (Å²) < 4.78 is 106. The van der Waals surface area contributed by atoms with E-state index in [-0.39, 0.29) is 59.4 Å². The first-order chi connectivity index (χ1) is 37.9. The maximum atomic E-state index is 14.6. The molecule has 460 valence electrons. The molecule has 0 amide bonds. The molecule has 0 aromatic heterocycles. The summed E-state index contributed by atoms with van der Waals surface area (Å²) in [5.41, 5.74) is -1.48. The summed E-state index contributed by atoms with van der Waals surface area (Å²) in [6.07, 6.45) is -19.6. The quantitative estimate of drug-likeness (QED) is 0.0203. The first-order valence-corrected chi connectivity index (χ1v) is 29.3. The normalized spacial score (nSPS) is 49.0. The van der Waals surface area contributed by atoms with E-state index < -0.39 is 180 Å². The van der Waals surface area contributed by atoms with Crippen LogP contribution in [-0.2, 0) is 76.3 Å². The van der Waals surface area contributed by atoms with Crippen molar-refractivity contribution in [2.24, 2.45) is 39.4 Å². The van der Waals surface area contributed by atoms with Crippen molar-refractivity contribution in [3.8, 4) is 0 Å². The van der Waals surface area contributed by atoms with Gasteiger partial charge in [0.25, 0.3) is 0 Å². The summed E-state index contributed by atoms with van der Waals surface area (Å²) >= 11 is 0. The van der Waals surface area contributed by atoms with E-state index in [1.54, 1.807) is 0 Å². The van der Waals surface area contributed by atoms with E-state index >= 15 is 0 Å². The smallest absolute Gasteiger partial charge is 0.726 e. The molecule has 0 bridgehead atoms. The Hall–Kier alpha value is -1.65. The van der Waals surface area contributed by atoms with E-state index in [0.29, 0.717) is 38.5 Å². The largest absolute Gasteiger partial charge is 1.00 e. The van der Waals surface area contributed by atoms with E-state index in [1.807, 2.05) is 39.0 Å². The molecule has 18 unspecified atom stereocenters. The minimum atomic E-state index is -5.42. The number of aliphatic hydroxyl groups is 8. The van der Waals surface area contributed by atoms with Crippen LogP contribution in [0.15, 0.2) is 35.5 Å². The first kappa shape index (κ1) is 66.3. The molecule has 9 rings (SSSR count). The Morgan fingerprint density at radius 3 is 2.07 bits per heavy atom. The molecular weight excluding hydrogens is 1120 g/mol. The monoisotopic (exact) mass is 1200 g/mol. The fraction of sp³-hybridized carbons (Fsp3) is 0.855. The molecule has 5 aliphatic heterocycles. The molecule has 8 fully saturated rings. The number of methoxy groups -OCH3 is 1. The van der Waals surface area contributed by atoms with Crippen LogP contribution in [0.25, 0.3) is 0 Å². The van der Waals surface area contributed by atoms with Crippen molar-refractivity contribution in [1.29, 1.82) is 0 Å². The van der Waals surface area contributed by atoms with Gasteiger partial charge in [-0.2, -0.15) is 0 Å². The maximum absolute atomic E-state index is 14.6. The molecule has 5 saturated heterocycles. The molecule has 8 N–H and O–H groups in total. The SMILES string of the molecule is COC1C(O)C(OC2C(O)[C@H](O[C@@H]3C(C)O[C@@H](OC4C(O)[C@H](OS(=O)(=O)[O-])CO[C@H]4OC4CC[C@]5(C)C6CC[C@]78C(=O)OC(C)(/C=C\C=C(C)C)C7C(OC(C)=O)CC8(C)C6=CCC5C4(C)C)C(O)C3O)OC(CO)[C@H]2O)OC[C@H]1O.[Na+]. The van der Waals surface area contributed by atoms with Gasteiger partial charge in [0.1, 0.15) is 91.1 Å². The summed E-state index contributed by atoms with van der Waals surface area (Å²) in [6, 6.07) is 0. The molecule has 25 nitrogen and oxygen atoms in total.